The van der Waals surface area contributed by atoms with Gasteiger partial charge in [0, 0.05) is 30.0 Å². The zero-order chi connectivity index (χ0) is 19.9. The predicted molar refractivity (Wildman–Crippen MR) is 107 cm³/mol. The van der Waals surface area contributed by atoms with Gasteiger partial charge in [-0.15, -0.1) is 0 Å². The van der Waals surface area contributed by atoms with Gasteiger partial charge in [0.15, 0.2) is 0 Å². The molecule has 2 aromatic carbocycles. The fourth-order valence-electron chi connectivity index (χ4n) is 2.85. The number of amides is 1. The molecule has 0 aliphatic rings. The summed E-state index contributed by atoms with van der Waals surface area (Å²) in [5, 5.41) is 4.92. The van der Waals surface area contributed by atoms with Gasteiger partial charge in [0.25, 0.3) is 0 Å². The standard InChI is InChI=1S/C21H22N4O3/c22-10-19(15-3-1-14(2-4-15)13-28-20(26)11-23)21(27)25-18-6-5-17-12-24-8-7-16(17)9-18/h1-9,12,19H,10-11,13,22-23H2,(H,25,27). The summed E-state index contributed by atoms with van der Waals surface area (Å²) in [6, 6.07) is 14.8. The lowest BCUT2D eigenvalue weighted by atomic mass is 9.97. The van der Waals surface area contributed by atoms with Crippen LogP contribution in [0.4, 0.5) is 5.69 Å². The van der Waals surface area contributed by atoms with Crippen molar-refractivity contribution in [2.24, 2.45) is 11.5 Å². The normalized spacial score (nSPS) is 11.8. The van der Waals surface area contributed by atoms with E-state index < -0.39 is 11.9 Å². The van der Waals surface area contributed by atoms with E-state index >= 15 is 0 Å². The van der Waals surface area contributed by atoms with Gasteiger partial charge in [-0.1, -0.05) is 30.3 Å². The Bertz CT molecular complexity index is 973. The zero-order valence-electron chi connectivity index (χ0n) is 15.3. The Morgan fingerprint density at radius 1 is 1.04 bits per heavy atom. The number of rotatable bonds is 7. The van der Waals surface area contributed by atoms with Gasteiger partial charge >= 0.3 is 5.97 Å². The van der Waals surface area contributed by atoms with Gasteiger partial charge in [-0.05, 0) is 34.7 Å². The summed E-state index contributed by atoms with van der Waals surface area (Å²) in [6.07, 6.45) is 3.49. The highest BCUT2D eigenvalue weighted by Crippen LogP contribution is 2.21. The second-order valence-electron chi connectivity index (χ2n) is 6.32. The molecule has 0 saturated heterocycles. The van der Waals surface area contributed by atoms with Crippen molar-refractivity contribution in [3.8, 4) is 0 Å². The van der Waals surface area contributed by atoms with E-state index in [4.69, 9.17) is 16.2 Å². The van der Waals surface area contributed by atoms with E-state index in [1.807, 2.05) is 36.4 Å². The predicted octanol–water partition coefficient (Wildman–Crippen LogP) is 1.92. The van der Waals surface area contributed by atoms with Gasteiger partial charge in [0.2, 0.25) is 5.91 Å². The van der Waals surface area contributed by atoms with Gasteiger partial charge in [0.05, 0.1) is 12.5 Å². The molecule has 1 unspecified atom stereocenters. The molecule has 7 heteroatoms. The fourth-order valence-corrected chi connectivity index (χ4v) is 2.85. The molecule has 0 radical (unpaired) electrons. The third-order valence-corrected chi connectivity index (χ3v) is 4.41. The van der Waals surface area contributed by atoms with Crippen LogP contribution in [0.5, 0.6) is 0 Å². The van der Waals surface area contributed by atoms with Gasteiger partial charge in [-0.2, -0.15) is 0 Å². The molecule has 1 amide bonds. The molecule has 28 heavy (non-hydrogen) atoms. The minimum Gasteiger partial charge on any atom is -0.460 e. The molecule has 1 atom stereocenters. The summed E-state index contributed by atoms with van der Waals surface area (Å²) in [5.41, 5.74) is 13.4. The average Bonchev–Trinajstić information content (AvgIpc) is 2.73. The fraction of sp³-hybridized carbons (Fsp3) is 0.190. The largest absolute Gasteiger partial charge is 0.460 e. The second-order valence-corrected chi connectivity index (χ2v) is 6.32. The molecule has 0 aliphatic carbocycles. The SMILES string of the molecule is NCC(=O)OCc1ccc(C(CN)C(=O)Nc2ccc3cnccc3c2)cc1. The van der Waals surface area contributed by atoms with E-state index in [9.17, 15) is 9.59 Å². The minimum atomic E-state index is -0.492. The molecule has 3 rings (SSSR count). The number of nitrogens with zero attached hydrogens (tertiary/aromatic N) is 1. The van der Waals surface area contributed by atoms with Crippen LogP contribution >= 0.6 is 0 Å². The highest BCUT2D eigenvalue weighted by molar-refractivity contribution is 5.98. The molecule has 0 fully saturated rings. The first-order valence-electron chi connectivity index (χ1n) is 8.90. The summed E-state index contributed by atoms with van der Waals surface area (Å²) in [5.74, 6) is -1.14. The van der Waals surface area contributed by atoms with E-state index in [-0.39, 0.29) is 25.6 Å². The van der Waals surface area contributed by atoms with Crippen LogP contribution in [-0.2, 0) is 20.9 Å². The molecule has 0 bridgehead atoms. The van der Waals surface area contributed by atoms with E-state index in [2.05, 4.69) is 10.3 Å². The van der Waals surface area contributed by atoms with Crippen molar-refractivity contribution in [2.45, 2.75) is 12.5 Å². The molecule has 7 nitrogen and oxygen atoms in total. The number of nitrogens with one attached hydrogen (secondary N) is 1. The van der Waals surface area contributed by atoms with Crippen LogP contribution < -0.4 is 16.8 Å². The first kappa shape index (κ1) is 19.5. The van der Waals surface area contributed by atoms with Crippen molar-refractivity contribution in [3.05, 3.63) is 72.1 Å². The number of carbonyl (C=O) groups is 2. The molecule has 5 N–H and O–H groups in total. The number of hydrogen-bond donors (Lipinski definition) is 3. The molecule has 1 heterocycles. The summed E-state index contributed by atoms with van der Waals surface area (Å²) in [6.45, 7) is 0.158. The number of esters is 1. The average molecular weight is 378 g/mol. The van der Waals surface area contributed by atoms with Gasteiger partial charge in [-0.3, -0.25) is 14.6 Å². The maximum atomic E-state index is 12.7. The van der Waals surface area contributed by atoms with Crippen LogP contribution in [0.1, 0.15) is 17.0 Å². The third kappa shape index (κ3) is 4.70. The number of fused-ring (bicyclic) bond motifs is 1. The third-order valence-electron chi connectivity index (χ3n) is 4.41. The van der Waals surface area contributed by atoms with E-state index in [0.717, 1.165) is 21.9 Å². The number of pyridine rings is 1. The van der Waals surface area contributed by atoms with Crippen molar-refractivity contribution in [2.75, 3.05) is 18.4 Å². The molecule has 1 aromatic heterocycles. The Hall–Kier alpha value is -3.29. The smallest absolute Gasteiger partial charge is 0.320 e. The Balaban J connectivity index is 1.69. The van der Waals surface area contributed by atoms with E-state index in [0.29, 0.717) is 5.69 Å². The lowest BCUT2D eigenvalue weighted by Crippen LogP contribution is -2.27. The van der Waals surface area contributed by atoms with Gasteiger partial charge < -0.3 is 21.5 Å². The molecule has 144 valence electrons. The molecular formula is C21H22N4O3. The zero-order valence-corrected chi connectivity index (χ0v) is 15.3. The van der Waals surface area contributed by atoms with E-state index in [1.165, 1.54) is 0 Å². The van der Waals surface area contributed by atoms with Crippen LogP contribution in [0.3, 0.4) is 0 Å². The second kappa shape index (κ2) is 9.07. The lowest BCUT2D eigenvalue weighted by molar-refractivity contribution is -0.143. The molecule has 0 spiro atoms. The first-order chi connectivity index (χ1) is 13.6. The van der Waals surface area contributed by atoms with Crippen LogP contribution in [0.15, 0.2) is 60.9 Å². The summed E-state index contributed by atoms with van der Waals surface area (Å²) in [7, 11) is 0. The van der Waals surface area contributed by atoms with Crippen molar-refractivity contribution >= 4 is 28.3 Å². The minimum absolute atomic E-state index is 0.141. The molecular weight excluding hydrogens is 356 g/mol. The number of carbonyl (C=O) groups excluding carboxylic acids is 2. The Labute approximate surface area is 162 Å². The number of aromatic nitrogens is 1. The summed E-state index contributed by atoms with van der Waals surface area (Å²) in [4.78, 5) is 27.9. The lowest BCUT2D eigenvalue weighted by Gasteiger charge is -2.16. The molecule has 3 aromatic rings. The number of hydrogen-bond acceptors (Lipinski definition) is 6. The quantitative estimate of drug-likeness (QED) is 0.540. The maximum absolute atomic E-state index is 12.7. The van der Waals surface area contributed by atoms with Crippen LogP contribution in [0.2, 0.25) is 0 Å². The molecule has 0 saturated carbocycles. The topological polar surface area (TPSA) is 120 Å². The summed E-state index contributed by atoms with van der Waals surface area (Å²) < 4.78 is 4.99. The van der Waals surface area contributed by atoms with Crippen molar-refractivity contribution < 1.29 is 14.3 Å². The van der Waals surface area contributed by atoms with Crippen LogP contribution in [-0.4, -0.2) is 29.9 Å². The van der Waals surface area contributed by atoms with Crippen molar-refractivity contribution in [1.29, 1.82) is 0 Å². The monoisotopic (exact) mass is 378 g/mol. The number of anilines is 1. The highest BCUT2D eigenvalue weighted by atomic mass is 16.5. The number of nitrogens with two attached hydrogens (primary N) is 2. The molecule has 0 aliphatic heterocycles. The van der Waals surface area contributed by atoms with E-state index in [1.54, 1.807) is 24.5 Å². The summed E-state index contributed by atoms with van der Waals surface area (Å²) >= 11 is 0. The first-order valence-corrected chi connectivity index (χ1v) is 8.90. The maximum Gasteiger partial charge on any atom is 0.320 e. The van der Waals surface area contributed by atoms with Crippen LogP contribution in [0.25, 0.3) is 10.8 Å². The number of ether oxygens (including phenoxy) is 1. The Morgan fingerprint density at radius 3 is 2.54 bits per heavy atom. The highest BCUT2D eigenvalue weighted by Gasteiger charge is 2.19. The Morgan fingerprint density at radius 2 is 1.82 bits per heavy atom. The number of benzene rings is 2. The van der Waals surface area contributed by atoms with Gasteiger partial charge in [-0.25, -0.2) is 0 Å². The van der Waals surface area contributed by atoms with Crippen molar-refractivity contribution in [1.82, 2.24) is 4.98 Å². The Kier molecular flexibility index (Phi) is 6.31. The van der Waals surface area contributed by atoms with Crippen LogP contribution in [0, 0.1) is 0 Å². The van der Waals surface area contributed by atoms with Crippen molar-refractivity contribution in [3.63, 3.8) is 0 Å². The van der Waals surface area contributed by atoms with Gasteiger partial charge in [0.1, 0.15) is 6.61 Å².